The van der Waals surface area contributed by atoms with Crippen molar-refractivity contribution in [3.63, 3.8) is 0 Å². The van der Waals surface area contributed by atoms with Gasteiger partial charge in [-0.2, -0.15) is 0 Å². The van der Waals surface area contributed by atoms with Crippen LogP contribution in [-0.2, 0) is 37.1 Å². The standard InChI is InChI=1S/C23H19ClF2N4O3S.C22H19F2N5O3S.C21H20F2N6O3S/c1-2-9-34(32,33)30-18-8-7-17(25)20(21(18)26)23(31)28-16-10-14-11-19(29-22(14)27-12-16)13-3-5-15(24)6-4-13;1-2-8-33(31,32)29-17-6-5-16(23)19(20(17)24)22(30)27-15-9-14-10-18(28-21(14)26-12-15)13-4-3-7-25-11-13;1-3-6-33(31,32)28-15-5-4-14(22)18(19(15)23)21(30)26-13-7-12-8-16(27-20(12)25-9-13)17-10-24-11-29(17)2/h3-8,10-12,30H,2,9H2,1H3,(H,27,29)(H,28,31);3-7,9-12,29H,2,8H2,1H3,(H,26,28)(H,27,30);4-5,7-11,28H,3,6H2,1-2H3,(H,25,27)(H,26,30). The van der Waals surface area contributed by atoms with Gasteiger partial charge < -0.3 is 35.5 Å². The number of carbonyl (C=O) groups excluding carboxylic acids is 3. The normalized spacial score (nSPS) is 11.6. The number of nitrogens with zero attached hydrogens (tertiary/aromatic N) is 6. The fourth-order valence-electron chi connectivity index (χ4n) is 10.0. The van der Waals surface area contributed by atoms with Gasteiger partial charge in [0.25, 0.3) is 17.7 Å². The summed E-state index contributed by atoms with van der Waals surface area (Å²) in [5.74, 6) is -11.3. The third-order valence-corrected chi connectivity index (χ3v) is 19.3. The van der Waals surface area contributed by atoms with E-state index in [-0.39, 0.29) is 34.3 Å². The highest BCUT2D eigenvalue weighted by atomic mass is 35.5. The van der Waals surface area contributed by atoms with Gasteiger partial charge in [0.15, 0.2) is 17.5 Å². The van der Waals surface area contributed by atoms with Crippen LogP contribution in [0.1, 0.15) is 71.1 Å². The van der Waals surface area contributed by atoms with E-state index < -0.39 is 116 Å². The molecule has 0 bridgehead atoms. The number of aromatic nitrogens is 9. The van der Waals surface area contributed by atoms with Crippen LogP contribution in [0.5, 0.6) is 0 Å². The lowest BCUT2D eigenvalue weighted by atomic mass is 10.1. The Bertz CT molecular complexity index is 5450. The first-order valence-electron chi connectivity index (χ1n) is 30.1. The minimum Gasteiger partial charge on any atom is -0.339 e. The molecule has 0 atom stereocenters. The average molecular weight is 1450 g/mol. The maximum atomic E-state index is 14.9. The number of carbonyl (C=O) groups is 3. The number of halogens is 7. The molecule has 8 aromatic heterocycles. The number of aromatic amines is 3. The van der Waals surface area contributed by atoms with Crippen molar-refractivity contribution in [3.05, 3.63) is 209 Å². The van der Waals surface area contributed by atoms with Crippen LogP contribution >= 0.6 is 11.6 Å². The number of aryl methyl sites for hydroxylation is 1. The molecule has 100 heavy (non-hydrogen) atoms. The van der Waals surface area contributed by atoms with Crippen molar-refractivity contribution in [2.24, 2.45) is 7.05 Å². The molecule has 0 aliphatic rings. The summed E-state index contributed by atoms with van der Waals surface area (Å²) >= 11 is 5.93. The summed E-state index contributed by atoms with van der Waals surface area (Å²) in [7, 11) is -9.65. The molecule has 8 heterocycles. The number of hydrogen-bond acceptors (Lipinski definition) is 14. The fourth-order valence-corrected chi connectivity index (χ4v) is 13.6. The molecule has 0 radical (unpaired) electrons. The minimum absolute atomic E-state index is 0.204. The number of imidazole rings is 1. The molecule has 0 aliphatic heterocycles. The van der Waals surface area contributed by atoms with Crippen LogP contribution in [0.2, 0.25) is 5.02 Å². The van der Waals surface area contributed by atoms with E-state index in [1.54, 1.807) is 94.2 Å². The molecular formula is C66H58ClF6N15O9S3. The summed E-state index contributed by atoms with van der Waals surface area (Å²) in [4.78, 5) is 68.3. The lowest BCUT2D eigenvalue weighted by Gasteiger charge is -2.12. The number of H-pyrrole nitrogens is 3. The number of anilines is 6. The van der Waals surface area contributed by atoms with Gasteiger partial charge in [-0.1, -0.05) is 44.5 Å². The SMILES string of the molecule is CCCS(=O)(=O)Nc1ccc(F)c(C(=O)Nc2cnc3[nH]c(-c4ccc(Cl)cc4)cc3c2)c1F.CCCS(=O)(=O)Nc1ccc(F)c(C(=O)Nc2cnc3[nH]c(-c4cccnc4)cc3c2)c1F.CCCS(=O)(=O)Nc1ccc(F)c(C(=O)Nc2cnc3[nH]c(-c4cncn4C)cc3c2)c1F. The van der Waals surface area contributed by atoms with Crippen LogP contribution < -0.4 is 30.1 Å². The van der Waals surface area contributed by atoms with Crippen LogP contribution in [0.25, 0.3) is 67.0 Å². The van der Waals surface area contributed by atoms with Crippen molar-refractivity contribution in [2.45, 2.75) is 40.0 Å². The Morgan fingerprint density at radius 1 is 0.460 bits per heavy atom. The number of nitrogens with one attached hydrogen (secondary N) is 9. The highest BCUT2D eigenvalue weighted by Crippen LogP contribution is 2.32. The Morgan fingerprint density at radius 3 is 1.18 bits per heavy atom. The summed E-state index contributed by atoms with van der Waals surface area (Å²) < 4.78 is 167. The van der Waals surface area contributed by atoms with Crippen LogP contribution in [0.15, 0.2) is 153 Å². The number of fused-ring (bicyclic) bond motifs is 3. The van der Waals surface area contributed by atoms with Crippen LogP contribution in [0, 0.1) is 34.9 Å². The molecule has 12 rings (SSSR count). The van der Waals surface area contributed by atoms with Gasteiger partial charge in [0, 0.05) is 57.6 Å². The topological polar surface area (TPSA) is 343 Å². The van der Waals surface area contributed by atoms with Crippen molar-refractivity contribution in [1.29, 1.82) is 0 Å². The minimum atomic E-state index is -3.83. The van der Waals surface area contributed by atoms with E-state index in [1.165, 1.54) is 18.6 Å². The Labute approximate surface area is 571 Å². The van der Waals surface area contributed by atoms with E-state index in [2.05, 4.69) is 55.8 Å². The van der Waals surface area contributed by atoms with Gasteiger partial charge in [0.05, 0.1) is 93.9 Å². The van der Waals surface area contributed by atoms with Gasteiger partial charge in [-0.3, -0.25) is 33.5 Å². The van der Waals surface area contributed by atoms with Crippen LogP contribution in [0.3, 0.4) is 0 Å². The maximum Gasteiger partial charge on any atom is 0.261 e. The van der Waals surface area contributed by atoms with E-state index in [0.717, 1.165) is 70.3 Å². The van der Waals surface area contributed by atoms with Gasteiger partial charge in [0.1, 0.15) is 51.1 Å². The number of pyridine rings is 4. The van der Waals surface area contributed by atoms with E-state index in [0.29, 0.717) is 57.4 Å². The second-order valence-corrected chi connectivity index (χ2v) is 28.1. The maximum absolute atomic E-state index is 14.9. The van der Waals surface area contributed by atoms with E-state index in [9.17, 15) is 66.0 Å². The molecule has 3 amide bonds. The average Bonchev–Trinajstić information content (AvgIpc) is 1.00. The Kier molecular flexibility index (Phi) is 21.7. The lowest BCUT2D eigenvalue weighted by Crippen LogP contribution is -2.20. The number of rotatable bonds is 21. The molecule has 0 fully saturated rings. The Balaban J connectivity index is 0.000000162. The van der Waals surface area contributed by atoms with Crippen molar-refractivity contribution in [2.75, 3.05) is 47.4 Å². The zero-order valence-electron chi connectivity index (χ0n) is 52.9. The molecule has 0 saturated heterocycles. The molecule has 9 N–H and O–H groups in total. The molecule has 0 spiro atoms. The second kappa shape index (κ2) is 30.3. The molecule has 518 valence electrons. The van der Waals surface area contributed by atoms with Gasteiger partial charge in [-0.25, -0.2) is 71.5 Å². The largest absolute Gasteiger partial charge is 0.339 e. The van der Waals surface area contributed by atoms with Gasteiger partial charge in [0.2, 0.25) is 30.1 Å². The number of sulfonamides is 3. The smallest absolute Gasteiger partial charge is 0.261 e. The Morgan fingerprint density at radius 2 is 0.830 bits per heavy atom. The van der Waals surface area contributed by atoms with Crippen LogP contribution in [-0.4, -0.2) is 105 Å². The summed E-state index contributed by atoms with van der Waals surface area (Å²) in [5.41, 5.74) is 2.86. The van der Waals surface area contributed by atoms with Crippen molar-refractivity contribution >= 4 is 127 Å². The molecule has 0 unspecified atom stereocenters. The molecule has 0 aliphatic carbocycles. The monoisotopic (exact) mass is 1450 g/mol. The first kappa shape index (κ1) is 71.6. The fraction of sp³-hybridized carbons (Fsp3) is 0.152. The molecular weight excluding hydrogens is 1390 g/mol. The van der Waals surface area contributed by atoms with Gasteiger partial charge in [-0.15, -0.1) is 0 Å². The Hall–Kier alpha value is -11.2. The van der Waals surface area contributed by atoms with Crippen molar-refractivity contribution in [3.8, 4) is 33.9 Å². The third-order valence-electron chi connectivity index (χ3n) is 14.6. The quantitative estimate of drug-likeness (QED) is 0.0302. The lowest BCUT2D eigenvalue weighted by molar-refractivity contribution is 0.101. The second-order valence-electron chi connectivity index (χ2n) is 22.1. The first-order chi connectivity index (χ1) is 47.6. The zero-order valence-corrected chi connectivity index (χ0v) is 56.1. The summed E-state index contributed by atoms with van der Waals surface area (Å²) in [6, 6.07) is 26.3. The van der Waals surface area contributed by atoms with Crippen molar-refractivity contribution < 1.29 is 66.0 Å². The first-order valence-corrected chi connectivity index (χ1v) is 35.4. The molecule has 0 saturated carbocycles. The number of amides is 3. The van der Waals surface area contributed by atoms with Crippen LogP contribution in [0.4, 0.5) is 60.5 Å². The summed E-state index contributed by atoms with van der Waals surface area (Å²) in [6.45, 7) is 4.94. The van der Waals surface area contributed by atoms with E-state index >= 15 is 0 Å². The van der Waals surface area contributed by atoms with Gasteiger partial charge in [-0.05, 0) is 122 Å². The summed E-state index contributed by atoms with van der Waals surface area (Å²) in [6.07, 6.45) is 11.6. The number of hydrogen-bond donors (Lipinski definition) is 9. The van der Waals surface area contributed by atoms with Gasteiger partial charge >= 0.3 is 0 Å². The summed E-state index contributed by atoms with van der Waals surface area (Å²) in [5, 5.41) is 9.82. The highest BCUT2D eigenvalue weighted by molar-refractivity contribution is 7.93. The molecule has 4 aromatic carbocycles. The predicted octanol–water partition coefficient (Wildman–Crippen LogP) is 13.5. The van der Waals surface area contributed by atoms with Crippen molar-refractivity contribution in [1.82, 2.24) is 44.4 Å². The molecule has 24 nitrogen and oxygen atoms in total. The van der Waals surface area contributed by atoms with E-state index in [4.69, 9.17) is 11.6 Å². The van der Waals surface area contributed by atoms with E-state index in [1.807, 2.05) is 50.0 Å². The number of benzene rings is 4. The third kappa shape index (κ3) is 17.0. The zero-order chi connectivity index (χ0) is 71.8. The molecule has 12 aromatic rings. The molecule has 34 heteroatoms. The predicted molar refractivity (Wildman–Crippen MR) is 370 cm³/mol. The highest BCUT2D eigenvalue weighted by Gasteiger charge is 2.27.